The summed E-state index contributed by atoms with van der Waals surface area (Å²) in [5.41, 5.74) is 0.589. The molecule has 1 rings (SSSR count). The minimum atomic E-state index is -0.921. The molecule has 0 bridgehead atoms. The predicted molar refractivity (Wildman–Crippen MR) is 84.5 cm³/mol. The van der Waals surface area contributed by atoms with Crippen LogP contribution in [0.2, 0.25) is 0 Å². The number of benzene rings is 1. The summed E-state index contributed by atoms with van der Waals surface area (Å²) < 4.78 is 15.1. The maximum Gasteiger partial charge on any atom is 0.313 e. The molecule has 0 heterocycles. The quantitative estimate of drug-likeness (QED) is 0.167. The van der Waals surface area contributed by atoms with Gasteiger partial charge in [-0.3, -0.25) is 9.59 Å². The fraction of sp³-hybridized carbons (Fsp3) is 0.429. The standard InChI is InChI=1S/C14H17NO8S/c1-10(16)22-12-2-3-13(11(8-12)9-24)23-14(17)4-5-20-6-7-21-15(18)19/h2-3,8,24H,4-7,9H2,1H3. The zero-order chi connectivity index (χ0) is 17.9. The summed E-state index contributed by atoms with van der Waals surface area (Å²) in [5, 5.41) is 8.99. The number of rotatable bonds is 10. The van der Waals surface area contributed by atoms with Gasteiger partial charge in [-0.1, -0.05) is 0 Å². The monoisotopic (exact) mass is 359 g/mol. The van der Waals surface area contributed by atoms with Crippen LogP contribution in [0, 0.1) is 10.1 Å². The van der Waals surface area contributed by atoms with Gasteiger partial charge >= 0.3 is 11.9 Å². The van der Waals surface area contributed by atoms with E-state index in [1.807, 2.05) is 0 Å². The molecule has 0 aliphatic carbocycles. The van der Waals surface area contributed by atoms with E-state index in [9.17, 15) is 19.7 Å². The highest BCUT2D eigenvalue weighted by molar-refractivity contribution is 7.79. The highest BCUT2D eigenvalue weighted by atomic mass is 32.1. The van der Waals surface area contributed by atoms with Crippen LogP contribution in [0.1, 0.15) is 18.9 Å². The lowest BCUT2D eigenvalue weighted by Crippen LogP contribution is -2.14. The van der Waals surface area contributed by atoms with E-state index < -0.39 is 17.0 Å². The van der Waals surface area contributed by atoms with Crippen LogP contribution in [0.3, 0.4) is 0 Å². The summed E-state index contributed by atoms with van der Waals surface area (Å²) in [6.07, 6.45) is -0.0316. The average molecular weight is 359 g/mol. The summed E-state index contributed by atoms with van der Waals surface area (Å²) in [5.74, 6) is -0.0634. The van der Waals surface area contributed by atoms with Gasteiger partial charge in [0.2, 0.25) is 0 Å². The SMILES string of the molecule is CC(=O)Oc1ccc(OC(=O)CCOCCO[N+](=O)[O-])c(CS)c1. The molecule has 0 fully saturated rings. The van der Waals surface area contributed by atoms with Crippen LogP contribution in [-0.4, -0.2) is 36.8 Å². The van der Waals surface area contributed by atoms with E-state index in [0.717, 1.165) is 0 Å². The molecule has 132 valence electrons. The van der Waals surface area contributed by atoms with E-state index >= 15 is 0 Å². The molecular weight excluding hydrogens is 342 g/mol. The third-order valence-corrected chi connectivity index (χ3v) is 2.90. The summed E-state index contributed by atoms with van der Waals surface area (Å²) >= 11 is 4.14. The first-order valence-corrected chi connectivity index (χ1v) is 7.53. The lowest BCUT2D eigenvalue weighted by molar-refractivity contribution is -0.758. The molecule has 9 nitrogen and oxygen atoms in total. The van der Waals surface area contributed by atoms with Crippen molar-refractivity contribution in [2.75, 3.05) is 19.8 Å². The van der Waals surface area contributed by atoms with Crippen LogP contribution >= 0.6 is 12.6 Å². The van der Waals surface area contributed by atoms with Crippen LogP contribution in [0.5, 0.6) is 11.5 Å². The zero-order valence-electron chi connectivity index (χ0n) is 12.9. The fourth-order valence-corrected chi connectivity index (χ4v) is 1.86. The summed E-state index contributed by atoms with van der Waals surface area (Å²) in [7, 11) is 0. The van der Waals surface area contributed by atoms with Crippen molar-refractivity contribution in [3.8, 4) is 11.5 Å². The highest BCUT2D eigenvalue weighted by Crippen LogP contribution is 2.26. The Morgan fingerprint density at radius 2 is 1.96 bits per heavy atom. The Morgan fingerprint density at radius 1 is 1.21 bits per heavy atom. The van der Waals surface area contributed by atoms with E-state index in [1.54, 1.807) is 6.07 Å². The molecule has 0 amide bonds. The number of thiol groups is 1. The molecule has 0 aliphatic rings. The fourth-order valence-electron chi connectivity index (χ4n) is 1.61. The average Bonchev–Trinajstić information content (AvgIpc) is 2.51. The smallest absolute Gasteiger partial charge is 0.313 e. The van der Waals surface area contributed by atoms with Crippen LogP contribution < -0.4 is 9.47 Å². The Bertz CT molecular complexity index is 592. The minimum Gasteiger partial charge on any atom is -0.427 e. The third-order valence-electron chi connectivity index (χ3n) is 2.56. The minimum absolute atomic E-state index is 0.00671. The van der Waals surface area contributed by atoms with Crippen LogP contribution in [0.25, 0.3) is 0 Å². The first-order valence-electron chi connectivity index (χ1n) is 6.90. The Labute approximate surface area is 143 Å². The Balaban J connectivity index is 2.43. The Kier molecular flexibility index (Phi) is 8.58. The molecule has 0 saturated heterocycles. The second kappa shape index (κ2) is 10.4. The number of carbonyl (C=O) groups is 2. The molecule has 10 heteroatoms. The van der Waals surface area contributed by atoms with Gasteiger partial charge in [0.05, 0.1) is 19.6 Å². The predicted octanol–water partition coefficient (Wildman–Crippen LogP) is 1.56. The highest BCUT2D eigenvalue weighted by Gasteiger charge is 2.11. The molecule has 1 aromatic carbocycles. The van der Waals surface area contributed by atoms with Gasteiger partial charge in [-0.15, -0.1) is 10.1 Å². The molecule has 24 heavy (non-hydrogen) atoms. The van der Waals surface area contributed by atoms with Gasteiger partial charge in [0, 0.05) is 18.2 Å². The maximum absolute atomic E-state index is 11.7. The number of hydrogen-bond donors (Lipinski definition) is 1. The first kappa shape index (κ1) is 19.7. The Morgan fingerprint density at radius 3 is 2.58 bits per heavy atom. The summed E-state index contributed by atoms with van der Waals surface area (Å²) in [6.45, 7) is 1.11. The maximum atomic E-state index is 11.7. The molecule has 0 aliphatic heterocycles. The normalized spacial score (nSPS) is 10.1. The third kappa shape index (κ3) is 7.79. The Hall–Kier alpha value is -2.33. The molecule has 0 radical (unpaired) electrons. The number of ether oxygens (including phenoxy) is 3. The van der Waals surface area contributed by atoms with Gasteiger partial charge < -0.3 is 19.0 Å². The molecular formula is C14H17NO8S. The van der Waals surface area contributed by atoms with Crippen LogP contribution in [-0.2, 0) is 24.9 Å². The van der Waals surface area contributed by atoms with Gasteiger partial charge in [-0.05, 0) is 18.2 Å². The zero-order valence-corrected chi connectivity index (χ0v) is 13.8. The number of esters is 2. The van der Waals surface area contributed by atoms with Crippen molar-refractivity contribution in [1.82, 2.24) is 0 Å². The van der Waals surface area contributed by atoms with Gasteiger partial charge in [0.25, 0.3) is 5.09 Å². The van der Waals surface area contributed by atoms with Gasteiger partial charge in [-0.25, -0.2) is 0 Å². The van der Waals surface area contributed by atoms with Crippen molar-refractivity contribution in [1.29, 1.82) is 0 Å². The van der Waals surface area contributed by atoms with Crippen molar-refractivity contribution >= 4 is 24.6 Å². The van der Waals surface area contributed by atoms with Crippen molar-refractivity contribution in [3.05, 3.63) is 33.9 Å². The molecule has 0 atom stereocenters. The lowest BCUT2D eigenvalue weighted by atomic mass is 10.2. The van der Waals surface area contributed by atoms with Crippen molar-refractivity contribution in [2.24, 2.45) is 0 Å². The number of nitrogens with zero attached hydrogens (tertiary/aromatic N) is 1. The molecule has 0 unspecified atom stereocenters. The van der Waals surface area contributed by atoms with E-state index in [4.69, 9.17) is 14.2 Å². The first-order chi connectivity index (χ1) is 11.4. The molecule has 1 aromatic rings. The molecule has 0 N–H and O–H groups in total. The lowest BCUT2D eigenvalue weighted by Gasteiger charge is -2.10. The largest absolute Gasteiger partial charge is 0.427 e. The van der Waals surface area contributed by atoms with Crippen molar-refractivity contribution < 1.29 is 33.7 Å². The van der Waals surface area contributed by atoms with Crippen LogP contribution in [0.15, 0.2) is 18.2 Å². The second-order valence-electron chi connectivity index (χ2n) is 4.41. The van der Waals surface area contributed by atoms with Crippen LogP contribution in [0.4, 0.5) is 0 Å². The summed E-state index contributed by atoms with van der Waals surface area (Å²) in [4.78, 5) is 36.6. The van der Waals surface area contributed by atoms with E-state index in [0.29, 0.717) is 17.1 Å². The number of carbonyl (C=O) groups excluding carboxylic acids is 2. The van der Waals surface area contributed by atoms with Crippen molar-refractivity contribution in [2.45, 2.75) is 19.1 Å². The van der Waals surface area contributed by atoms with E-state index in [2.05, 4.69) is 17.5 Å². The topological polar surface area (TPSA) is 114 Å². The van der Waals surface area contributed by atoms with Gasteiger partial charge in [0.15, 0.2) is 0 Å². The summed E-state index contributed by atoms with van der Waals surface area (Å²) in [6, 6.07) is 4.57. The van der Waals surface area contributed by atoms with E-state index in [1.165, 1.54) is 19.1 Å². The molecule has 0 aromatic heterocycles. The second-order valence-corrected chi connectivity index (χ2v) is 4.73. The van der Waals surface area contributed by atoms with Gasteiger partial charge in [0.1, 0.15) is 18.1 Å². The van der Waals surface area contributed by atoms with E-state index in [-0.39, 0.29) is 32.0 Å². The number of hydrogen-bond acceptors (Lipinski definition) is 9. The van der Waals surface area contributed by atoms with Crippen molar-refractivity contribution in [3.63, 3.8) is 0 Å². The molecule has 0 spiro atoms. The molecule has 0 saturated carbocycles. The van der Waals surface area contributed by atoms with Gasteiger partial charge in [-0.2, -0.15) is 12.6 Å².